The van der Waals surface area contributed by atoms with Crippen LogP contribution in [0.15, 0.2) is 63.6 Å². The largest absolute Gasteiger partial charge is 1.00 e. The van der Waals surface area contributed by atoms with E-state index in [9.17, 15) is 42.7 Å². The number of hydrogen-bond donors (Lipinski definition) is 3. The van der Waals surface area contributed by atoms with Crippen LogP contribution in [0.25, 0.3) is 5.57 Å². The van der Waals surface area contributed by atoms with Crippen LogP contribution in [0.3, 0.4) is 0 Å². The Bertz CT molecular complexity index is 1740. The maximum Gasteiger partial charge on any atom is 1.00 e. The van der Waals surface area contributed by atoms with Gasteiger partial charge in [0.25, 0.3) is 0 Å². The molecule has 0 amide bonds. The van der Waals surface area contributed by atoms with Gasteiger partial charge in [-0.2, -0.15) is 0 Å². The Morgan fingerprint density at radius 2 is 1.48 bits per heavy atom. The third-order valence-electron chi connectivity index (χ3n) is 7.94. The maximum absolute atomic E-state index is 13.6. The summed E-state index contributed by atoms with van der Waals surface area (Å²) in [5.41, 5.74) is 3.99. The number of allylic oxidation sites excluding steroid dienone is 4. The summed E-state index contributed by atoms with van der Waals surface area (Å²) in [6.07, 6.45) is 1.68. The number of quaternary nitrogens is 2. The third kappa shape index (κ3) is 8.82. The topological polar surface area (TPSA) is 208 Å². The van der Waals surface area contributed by atoms with Gasteiger partial charge in [0.15, 0.2) is 5.78 Å². The molecule has 0 bridgehead atoms. The van der Waals surface area contributed by atoms with E-state index in [-0.39, 0.29) is 84.7 Å². The van der Waals surface area contributed by atoms with Crippen LogP contribution < -0.4 is 50.4 Å². The molecule has 46 heavy (non-hydrogen) atoms. The van der Waals surface area contributed by atoms with Gasteiger partial charge in [0.1, 0.15) is 42.0 Å². The van der Waals surface area contributed by atoms with Crippen molar-refractivity contribution >= 4 is 33.4 Å². The van der Waals surface area contributed by atoms with Crippen molar-refractivity contribution in [1.29, 1.82) is 0 Å². The molecule has 0 saturated heterocycles. The van der Waals surface area contributed by atoms with Crippen molar-refractivity contribution in [2.24, 2.45) is 5.92 Å². The SMILES string of the molecule is CC1=C(C[NH2+]CC(=O)[O-])C(=O)C(C(C)C)=C/C1=C(\c1ccccc1S(=O)(=O)[O-])c1cc(C(C)C)c(O)c(C[NH2+]CC(=O)[O-])c1C.[Na+]. The summed E-state index contributed by atoms with van der Waals surface area (Å²) in [6, 6.07) is 7.46. The van der Waals surface area contributed by atoms with Gasteiger partial charge in [-0.1, -0.05) is 45.9 Å². The zero-order valence-corrected chi connectivity index (χ0v) is 30.0. The van der Waals surface area contributed by atoms with Crippen LogP contribution in [0.1, 0.15) is 68.4 Å². The fourth-order valence-corrected chi connectivity index (χ4v) is 6.25. The summed E-state index contributed by atoms with van der Waals surface area (Å²) in [7, 11) is -5.00. The van der Waals surface area contributed by atoms with Crippen LogP contribution in [0, 0.1) is 12.8 Å². The van der Waals surface area contributed by atoms with E-state index >= 15 is 0 Å². The molecule has 2 aromatic rings. The quantitative estimate of drug-likeness (QED) is 0.142. The summed E-state index contributed by atoms with van der Waals surface area (Å²) < 4.78 is 37.8. The number of phenols is 1. The molecule has 0 radical (unpaired) electrons. The average molecular weight is 663 g/mol. The fraction of sp³-hybridized carbons (Fsp3) is 0.364. The Morgan fingerprint density at radius 3 is 2.00 bits per heavy atom. The number of carboxylic acid groups (broad SMARTS) is 2. The van der Waals surface area contributed by atoms with Gasteiger partial charge in [-0.25, -0.2) is 8.42 Å². The van der Waals surface area contributed by atoms with Gasteiger partial charge in [-0.3, -0.25) is 4.79 Å². The van der Waals surface area contributed by atoms with E-state index in [0.29, 0.717) is 50.1 Å². The number of benzene rings is 2. The van der Waals surface area contributed by atoms with Crippen LogP contribution >= 0.6 is 0 Å². The molecule has 0 saturated carbocycles. The molecule has 0 unspecified atom stereocenters. The van der Waals surface area contributed by atoms with Gasteiger partial charge in [0.2, 0.25) is 0 Å². The molecule has 0 heterocycles. The van der Waals surface area contributed by atoms with Gasteiger partial charge in [0, 0.05) is 11.1 Å². The monoisotopic (exact) mass is 662 g/mol. The molecule has 2 aromatic carbocycles. The van der Waals surface area contributed by atoms with Gasteiger partial charge < -0.3 is 40.1 Å². The van der Waals surface area contributed by atoms with E-state index in [1.165, 1.54) is 28.8 Å². The molecule has 242 valence electrons. The van der Waals surface area contributed by atoms with Crippen LogP contribution in [-0.2, 0) is 31.0 Å². The molecule has 1 aliphatic carbocycles. The Kier molecular flexibility index (Phi) is 13.7. The van der Waals surface area contributed by atoms with Crippen LogP contribution in [0.2, 0.25) is 0 Å². The number of Topliss-reactive ketones (excluding diaryl/α,β-unsaturated/α-hetero) is 1. The molecule has 0 fully saturated rings. The predicted octanol–water partition coefficient (Wildman–Crippen LogP) is -3.86. The summed E-state index contributed by atoms with van der Waals surface area (Å²) >= 11 is 0. The normalized spacial score (nSPS) is 14.8. The molecule has 0 aromatic heterocycles. The number of aliphatic carboxylic acids is 2. The van der Waals surface area contributed by atoms with Crippen molar-refractivity contribution in [1.82, 2.24) is 0 Å². The number of nitrogens with two attached hydrogens (primary N) is 2. The molecule has 1 aliphatic rings. The van der Waals surface area contributed by atoms with Crippen molar-refractivity contribution in [3.05, 3.63) is 86.5 Å². The smallest absolute Gasteiger partial charge is 0.744 e. The van der Waals surface area contributed by atoms with Crippen molar-refractivity contribution in [3.63, 3.8) is 0 Å². The second-order valence-corrected chi connectivity index (χ2v) is 13.0. The van der Waals surface area contributed by atoms with E-state index in [2.05, 4.69) is 0 Å². The molecule has 3 rings (SSSR count). The second-order valence-electron chi connectivity index (χ2n) is 11.7. The number of hydrogen-bond acceptors (Lipinski definition) is 9. The van der Waals surface area contributed by atoms with Crippen LogP contribution in [0.4, 0.5) is 0 Å². The molecule has 0 atom stereocenters. The Labute approximate surface area is 291 Å². The Hall–Kier alpha value is -3.10. The minimum Gasteiger partial charge on any atom is -0.744 e. The molecule has 0 spiro atoms. The van der Waals surface area contributed by atoms with Gasteiger partial charge in [-0.05, 0) is 77.3 Å². The summed E-state index contributed by atoms with van der Waals surface area (Å²) in [5, 5.41) is 36.5. The van der Waals surface area contributed by atoms with E-state index in [1.54, 1.807) is 32.1 Å². The zero-order valence-electron chi connectivity index (χ0n) is 27.2. The second kappa shape index (κ2) is 16.1. The number of ketones is 1. The van der Waals surface area contributed by atoms with Crippen molar-refractivity contribution in [2.75, 3.05) is 19.6 Å². The molecule has 5 N–H and O–H groups in total. The Morgan fingerprint density at radius 1 is 0.913 bits per heavy atom. The maximum atomic E-state index is 13.6. The molecule has 13 heteroatoms. The van der Waals surface area contributed by atoms with E-state index in [1.807, 2.05) is 27.7 Å². The van der Waals surface area contributed by atoms with Crippen LogP contribution in [-0.4, -0.2) is 55.4 Å². The predicted molar refractivity (Wildman–Crippen MR) is 160 cm³/mol. The molecular weight excluding hydrogens is 623 g/mol. The zero-order chi connectivity index (χ0) is 33.8. The first kappa shape index (κ1) is 39.1. The fourth-order valence-electron chi connectivity index (χ4n) is 5.56. The molecule has 11 nitrogen and oxygen atoms in total. The minimum atomic E-state index is -5.00. The number of rotatable bonds is 13. The van der Waals surface area contributed by atoms with Crippen molar-refractivity contribution in [3.8, 4) is 5.75 Å². The van der Waals surface area contributed by atoms with E-state index in [0.717, 1.165) is 0 Å². The van der Waals surface area contributed by atoms with Gasteiger partial charge >= 0.3 is 29.6 Å². The average Bonchev–Trinajstić information content (AvgIpc) is 2.93. The minimum absolute atomic E-state index is 0. The summed E-state index contributed by atoms with van der Waals surface area (Å²) in [6.45, 7) is 10.1. The third-order valence-corrected chi connectivity index (χ3v) is 8.83. The number of phenolic OH excluding ortho intramolecular Hbond substituents is 1. The van der Waals surface area contributed by atoms with E-state index < -0.39 is 27.0 Å². The van der Waals surface area contributed by atoms with E-state index in [4.69, 9.17) is 0 Å². The standard InChI is InChI=1S/C33H40N2O9S.Na/c1-17(2)22-11-24(19(5)26(32(22)40)13-34-15-29(36)37)31(21-9-7-8-10-28(21)45(42,43)44)25-12-23(18(3)4)33(41)27(20(25)6)14-35-16-30(38)39;/h7-12,17-18,34-35,40H,13-16H2,1-6H3,(H,36,37)(H,38,39)(H,42,43,44);/q;+1/p-1/b31-25-;. The van der Waals surface area contributed by atoms with Gasteiger partial charge in [-0.15, -0.1) is 0 Å². The number of aromatic hydroxyl groups is 1. The first-order valence-electron chi connectivity index (χ1n) is 14.6. The Balaban J connectivity index is 0.00000736. The van der Waals surface area contributed by atoms with Crippen LogP contribution in [0.5, 0.6) is 5.75 Å². The van der Waals surface area contributed by atoms with Crippen molar-refractivity contribution < 1.29 is 82.9 Å². The number of carboxylic acids is 2. The number of carbonyl (C=O) groups excluding carboxylic acids is 3. The summed E-state index contributed by atoms with van der Waals surface area (Å²) in [5.74, 6) is -3.36. The first-order chi connectivity index (χ1) is 21.0. The molecule has 0 aliphatic heterocycles. The number of carbonyl (C=O) groups is 3. The summed E-state index contributed by atoms with van der Waals surface area (Å²) in [4.78, 5) is 35.4. The van der Waals surface area contributed by atoms with Gasteiger partial charge in [0.05, 0.1) is 28.0 Å². The molecular formula is C33H39N2NaO9S. The first-order valence-corrected chi connectivity index (χ1v) is 16.0. The van der Waals surface area contributed by atoms with Crippen molar-refractivity contribution in [2.45, 2.75) is 58.9 Å².